The van der Waals surface area contributed by atoms with Gasteiger partial charge in [0.2, 0.25) is 11.8 Å². The molecule has 0 aromatic heterocycles. The van der Waals surface area contributed by atoms with E-state index in [1.807, 2.05) is 42.3 Å². The molecule has 0 spiro atoms. The highest BCUT2D eigenvalue weighted by Gasteiger charge is 2.33. The summed E-state index contributed by atoms with van der Waals surface area (Å²) < 4.78 is 12.8. The number of carbonyl (C=O) groups excluding carboxylic acids is 2. The van der Waals surface area contributed by atoms with Crippen LogP contribution in [0.2, 0.25) is 0 Å². The normalized spacial score (nSPS) is 19.1. The molecule has 0 aliphatic carbocycles. The van der Waals surface area contributed by atoms with E-state index in [0.717, 1.165) is 11.1 Å². The number of rotatable bonds is 13. The smallest absolute Gasteiger partial charge is 0.243 e. The van der Waals surface area contributed by atoms with Crippen molar-refractivity contribution in [3.63, 3.8) is 0 Å². The van der Waals surface area contributed by atoms with E-state index in [4.69, 9.17) is 14.7 Å². The third-order valence-corrected chi connectivity index (χ3v) is 7.24. The Bertz CT molecular complexity index is 1350. The maximum Gasteiger partial charge on any atom is 0.243 e. The van der Waals surface area contributed by atoms with Gasteiger partial charge in [-0.2, -0.15) is 0 Å². The molecule has 6 N–H and O–H groups in total. The number of amides is 2. The Kier molecular flexibility index (Phi) is 11.6. The zero-order valence-electron chi connectivity index (χ0n) is 24.1. The predicted molar refractivity (Wildman–Crippen MR) is 158 cm³/mol. The molecule has 3 aromatic rings. The van der Waals surface area contributed by atoms with E-state index < -0.39 is 18.3 Å². The van der Waals surface area contributed by atoms with Crippen LogP contribution in [0, 0.1) is 0 Å². The van der Waals surface area contributed by atoms with E-state index in [-0.39, 0.29) is 43.3 Å². The van der Waals surface area contributed by atoms with Crippen LogP contribution >= 0.6 is 0 Å². The summed E-state index contributed by atoms with van der Waals surface area (Å²) in [4.78, 5) is 25.6. The SMILES string of the molecule is CN(C[C@H]1C[C@@H](c2ccc(CO)cc2)O[C@@H](c2cccc(NC(=O)CCCC(=O)NO)c2)O1)C[C@@H](O)c1cccc(O)c1. The minimum absolute atomic E-state index is 0.0368. The van der Waals surface area contributed by atoms with Crippen molar-refractivity contribution in [1.82, 2.24) is 10.4 Å². The molecule has 1 fully saturated rings. The van der Waals surface area contributed by atoms with Crippen LogP contribution in [-0.4, -0.2) is 63.5 Å². The average molecular weight is 594 g/mol. The fourth-order valence-electron chi connectivity index (χ4n) is 5.04. The average Bonchev–Trinajstić information content (AvgIpc) is 3.00. The number of nitrogens with one attached hydrogen (secondary N) is 2. The summed E-state index contributed by atoms with van der Waals surface area (Å²) >= 11 is 0. The number of ether oxygens (including phenoxy) is 2. The summed E-state index contributed by atoms with van der Waals surface area (Å²) in [6.45, 7) is 0.768. The Labute approximate surface area is 250 Å². The van der Waals surface area contributed by atoms with E-state index in [9.17, 15) is 24.9 Å². The molecule has 0 radical (unpaired) electrons. The lowest BCUT2D eigenvalue weighted by atomic mass is 9.99. The number of likely N-dealkylation sites (N-methyl/N-ethyl adjacent to an activating group) is 1. The maximum absolute atomic E-state index is 12.4. The van der Waals surface area contributed by atoms with E-state index in [1.165, 1.54) is 0 Å². The van der Waals surface area contributed by atoms with Crippen LogP contribution in [-0.2, 0) is 25.7 Å². The Hall–Kier alpha value is -3.84. The molecule has 2 amide bonds. The number of aromatic hydroxyl groups is 1. The first-order valence-corrected chi connectivity index (χ1v) is 14.2. The second-order valence-electron chi connectivity index (χ2n) is 10.7. The highest BCUT2D eigenvalue weighted by Crippen LogP contribution is 2.38. The van der Waals surface area contributed by atoms with Gasteiger partial charge in [0.25, 0.3) is 0 Å². The standard InChI is InChI=1S/C32H39N3O8/c1-35(19-28(38)23-5-3-8-26(37)16-23)18-27-17-29(22-13-11-21(20-36)12-14-22)43-32(42-27)24-6-2-7-25(15-24)33-30(39)9-4-10-31(40)34-41/h2-3,5-8,11-16,27-29,32,36-38,41H,4,9-10,17-20H2,1H3,(H,33,39)(H,34,40)/t27-,28-,29+,32+/m1/s1. The third kappa shape index (κ3) is 9.58. The van der Waals surface area contributed by atoms with Crippen molar-refractivity contribution < 1.29 is 39.6 Å². The second-order valence-corrected chi connectivity index (χ2v) is 10.7. The van der Waals surface area contributed by atoms with Crippen molar-refractivity contribution in [1.29, 1.82) is 0 Å². The van der Waals surface area contributed by atoms with Crippen molar-refractivity contribution in [2.24, 2.45) is 0 Å². The maximum atomic E-state index is 12.4. The van der Waals surface area contributed by atoms with Gasteiger partial charge >= 0.3 is 0 Å². The van der Waals surface area contributed by atoms with Gasteiger partial charge in [-0.05, 0) is 54.4 Å². The molecule has 230 valence electrons. The topological polar surface area (TPSA) is 161 Å². The highest BCUT2D eigenvalue weighted by molar-refractivity contribution is 5.91. The van der Waals surface area contributed by atoms with Crippen LogP contribution in [0.1, 0.15) is 66.4 Å². The van der Waals surface area contributed by atoms with Gasteiger partial charge in [0.1, 0.15) is 5.75 Å². The number of benzene rings is 3. The lowest BCUT2D eigenvalue weighted by Crippen LogP contribution is -2.39. The molecule has 43 heavy (non-hydrogen) atoms. The Morgan fingerprint density at radius 2 is 1.72 bits per heavy atom. The first kappa shape index (κ1) is 32.1. The van der Waals surface area contributed by atoms with Crippen LogP contribution in [0.3, 0.4) is 0 Å². The molecule has 1 heterocycles. The van der Waals surface area contributed by atoms with Gasteiger partial charge in [-0.25, -0.2) is 5.48 Å². The monoisotopic (exact) mass is 593 g/mol. The molecule has 0 saturated carbocycles. The van der Waals surface area contributed by atoms with Gasteiger partial charge in [-0.1, -0.05) is 48.5 Å². The van der Waals surface area contributed by atoms with Crippen molar-refractivity contribution in [2.75, 3.05) is 25.5 Å². The number of phenolic OH excluding ortho intramolecular Hbond substituents is 1. The summed E-state index contributed by atoms with van der Waals surface area (Å²) in [5.74, 6) is -0.714. The predicted octanol–water partition coefficient (Wildman–Crippen LogP) is 3.71. The number of hydrogen-bond acceptors (Lipinski definition) is 9. The summed E-state index contributed by atoms with van der Waals surface area (Å²) in [7, 11) is 1.89. The molecule has 4 rings (SSSR count). The lowest BCUT2D eigenvalue weighted by molar-refractivity contribution is -0.252. The molecule has 11 nitrogen and oxygen atoms in total. The van der Waals surface area contributed by atoms with Gasteiger partial charge in [0, 0.05) is 43.6 Å². The molecular weight excluding hydrogens is 554 g/mol. The minimum Gasteiger partial charge on any atom is -0.508 e. The summed E-state index contributed by atoms with van der Waals surface area (Å²) in [6, 6.07) is 21.3. The molecule has 1 aliphatic rings. The number of hydrogen-bond donors (Lipinski definition) is 6. The van der Waals surface area contributed by atoms with Crippen molar-refractivity contribution in [3.8, 4) is 5.75 Å². The number of aliphatic hydroxyl groups is 2. The number of carbonyl (C=O) groups is 2. The van der Waals surface area contributed by atoms with Gasteiger partial charge in [-0.3, -0.25) is 14.8 Å². The molecule has 1 saturated heterocycles. The summed E-state index contributed by atoms with van der Waals surface area (Å²) in [5, 5.41) is 41.4. The lowest BCUT2D eigenvalue weighted by Gasteiger charge is -2.38. The van der Waals surface area contributed by atoms with Gasteiger partial charge in [0.05, 0.1) is 24.9 Å². The fourth-order valence-corrected chi connectivity index (χ4v) is 5.04. The largest absolute Gasteiger partial charge is 0.508 e. The van der Waals surface area contributed by atoms with Crippen LogP contribution in [0.5, 0.6) is 5.75 Å². The van der Waals surface area contributed by atoms with Crippen LogP contribution in [0.15, 0.2) is 72.8 Å². The number of aliphatic hydroxyl groups excluding tert-OH is 2. The minimum atomic E-state index is -0.798. The number of nitrogens with zero attached hydrogens (tertiary/aromatic N) is 1. The fraction of sp³-hybridized carbons (Fsp3) is 0.375. The van der Waals surface area contributed by atoms with Crippen LogP contribution in [0.25, 0.3) is 0 Å². The van der Waals surface area contributed by atoms with Crippen molar-refractivity contribution in [3.05, 3.63) is 95.1 Å². The quantitative estimate of drug-likeness (QED) is 0.128. The van der Waals surface area contributed by atoms with E-state index in [1.54, 1.807) is 47.9 Å². The molecule has 11 heteroatoms. The van der Waals surface area contributed by atoms with Crippen molar-refractivity contribution >= 4 is 17.5 Å². The summed E-state index contributed by atoms with van der Waals surface area (Å²) in [5.41, 5.74) is 5.17. The molecular formula is C32H39N3O8. The number of phenols is 1. The van der Waals surface area contributed by atoms with E-state index >= 15 is 0 Å². The Morgan fingerprint density at radius 1 is 0.977 bits per heavy atom. The van der Waals surface area contributed by atoms with Crippen LogP contribution < -0.4 is 10.8 Å². The zero-order valence-corrected chi connectivity index (χ0v) is 24.1. The Balaban J connectivity index is 1.46. The number of anilines is 1. The molecule has 0 unspecified atom stereocenters. The molecule has 0 bridgehead atoms. The van der Waals surface area contributed by atoms with Gasteiger partial charge < -0.3 is 35.0 Å². The van der Waals surface area contributed by atoms with Crippen molar-refractivity contribution in [2.45, 2.75) is 56.9 Å². The highest BCUT2D eigenvalue weighted by atomic mass is 16.7. The number of hydroxylamine groups is 1. The van der Waals surface area contributed by atoms with Crippen LogP contribution in [0.4, 0.5) is 5.69 Å². The molecule has 1 aliphatic heterocycles. The third-order valence-electron chi connectivity index (χ3n) is 7.24. The summed E-state index contributed by atoms with van der Waals surface area (Å²) in [6.07, 6.45) is -1.12. The molecule has 3 aromatic carbocycles. The molecule has 4 atom stereocenters. The first-order chi connectivity index (χ1) is 20.7. The zero-order chi connectivity index (χ0) is 30.8. The van der Waals surface area contributed by atoms with E-state index in [0.29, 0.717) is 42.7 Å². The van der Waals surface area contributed by atoms with Gasteiger partial charge in [0.15, 0.2) is 6.29 Å². The van der Waals surface area contributed by atoms with E-state index in [2.05, 4.69) is 5.32 Å². The first-order valence-electron chi connectivity index (χ1n) is 14.2. The second kappa shape index (κ2) is 15.6. The van der Waals surface area contributed by atoms with Gasteiger partial charge in [-0.15, -0.1) is 0 Å². The Morgan fingerprint density at radius 3 is 2.44 bits per heavy atom.